The van der Waals surface area contributed by atoms with E-state index >= 15 is 0 Å². The van der Waals surface area contributed by atoms with Crippen molar-refractivity contribution in [1.29, 1.82) is 0 Å². The number of nitrogens with zero attached hydrogens (tertiary/aromatic N) is 2. The summed E-state index contributed by atoms with van der Waals surface area (Å²) in [7, 11) is 0. The number of benzene rings is 2. The summed E-state index contributed by atoms with van der Waals surface area (Å²) in [5.41, 5.74) is 0.286. The highest BCUT2D eigenvalue weighted by Gasteiger charge is 2.29. The van der Waals surface area contributed by atoms with E-state index in [4.69, 9.17) is 5.11 Å². The summed E-state index contributed by atoms with van der Waals surface area (Å²) in [5, 5.41) is 9.14. The summed E-state index contributed by atoms with van der Waals surface area (Å²) in [6.07, 6.45) is -1.53. The molecule has 0 fully saturated rings. The molecule has 0 amide bonds. The van der Waals surface area contributed by atoms with Crippen LogP contribution in [0.4, 0.5) is 13.2 Å². The summed E-state index contributed by atoms with van der Waals surface area (Å²) in [4.78, 5) is 28.0. The molecule has 1 N–H and O–H groups in total. The number of carboxylic acids is 1. The Kier molecular flexibility index (Phi) is 5.04. The maximum absolute atomic E-state index is 12.6. The number of rotatable bonds is 4. The number of aromatic nitrogens is 2. The van der Waals surface area contributed by atoms with Gasteiger partial charge in [0.1, 0.15) is 5.69 Å². The molecule has 0 radical (unpaired) electrons. The van der Waals surface area contributed by atoms with Crippen molar-refractivity contribution in [2.24, 2.45) is 0 Å². The first-order valence-electron chi connectivity index (χ1n) is 8.34. The molecule has 3 aromatic rings. The van der Waals surface area contributed by atoms with Crippen molar-refractivity contribution in [2.75, 3.05) is 0 Å². The second-order valence-corrected chi connectivity index (χ2v) is 6.01. The molecule has 0 spiro atoms. The van der Waals surface area contributed by atoms with E-state index in [9.17, 15) is 22.8 Å². The van der Waals surface area contributed by atoms with Gasteiger partial charge in [0, 0.05) is 6.54 Å². The molecule has 1 aromatic heterocycles. The quantitative estimate of drug-likeness (QED) is 0.723. The Bertz CT molecular complexity index is 1130. The second-order valence-electron chi connectivity index (χ2n) is 6.01. The van der Waals surface area contributed by atoms with Gasteiger partial charge in [-0.3, -0.25) is 4.79 Å². The first-order chi connectivity index (χ1) is 13.2. The molecule has 1 heterocycles. The smallest absolute Gasteiger partial charge is 0.416 e. The Labute approximate surface area is 157 Å². The van der Waals surface area contributed by atoms with Crippen LogP contribution >= 0.6 is 0 Å². The SMILES string of the molecule is CCn1c(=O)c(/C=C/c2ccc(C(F)(F)F)cc2)nc2cc(C(=O)O)ccc21. The molecule has 0 atom stereocenters. The molecule has 0 aliphatic carbocycles. The van der Waals surface area contributed by atoms with E-state index in [0.29, 0.717) is 23.1 Å². The van der Waals surface area contributed by atoms with E-state index in [1.807, 2.05) is 0 Å². The van der Waals surface area contributed by atoms with Crippen LogP contribution in [0.1, 0.15) is 34.1 Å². The molecular formula is C20H15F3N2O3. The predicted octanol–water partition coefficient (Wildman–Crippen LogP) is 4.30. The van der Waals surface area contributed by atoms with Crippen LogP contribution in [0.25, 0.3) is 23.2 Å². The number of carbonyl (C=O) groups is 1. The summed E-state index contributed by atoms with van der Waals surface area (Å²) in [6, 6.07) is 8.80. The lowest BCUT2D eigenvalue weighted by Gasteiger charge is -2.09. The Balaban J connectivity index is 2.04. The van der Waals surface area contributed by atoms with Crippen LogP contribution in [-0.2, 0) is 12.7 Å². The molecule has 144 valence electrons. The number of aromatic carboxylic acids is 1. The van der Waals surface area contributed by atoms with E-state index < -0.39 is 17.7 Å². The monoisotopic (exact) mass is 388 g/mol. The zero-order chi connectivity index (χ0) is 20.5. The Morgan fingerprint density at radius 2 is 1.82 bits per heavy atom. The number of carboxylic acid groups (broad SMARTS) is 1. The zero-order valence-electron chi connectivity index (χ0n) is 14.7. The molecule has 3 rings (SSSR count). The van der Waals surface area contributed by atoms with Crippen molar-refractivity contribution in [2.45, 2.75) is 19.6 Å². The summed E-state index contributed by atoms with van der Waals surface area (Å²) >= 11 is 0. The van der Waals surface area contributed by atoms with Crippen LogP contribution in [0, 0.1) is 0 Å². The maximum Gasteiger partial charge on any atom is 0.416 e. The standard InChI is InChI=1S/C20H15F3N2O3/c1-2-25-17-10-6-13(19(27)28)11-16(17)24-15(18(25)26)9-5-12-3-7-14(8-4-12)20(21,22)23/h3-11H,2H2,1H3,(H,27,28)/b9-5+. The lowest BCUT2D eigenvalue weighted by atomic mass is 10.1. The van der Waals surface area contributed by atoms with Gasteiger partial charge < -0.3 is 9.67 Å². The summed E-state index contributed by atoms with van der Waals surface area (Å²) < 4.78 is 39.4. The van der Waals surface area contributed by atoms with Gasteiger partial charge in [-0.1, -0.05) is 18.2 Å². The molecule has 0 bridgehead atoms. The number of fused-ring (bicyclic) bond motifs is 1. The Morgan fingerprint density at radius 3 is 2.39 bits per heavy atom. The average molecular weight is 388 g/mol. The number of hydrogen-bond acceptors (Lipinski definition) is 3. The van der Waals surface area contributed by atoms with Gasteiger partial charge in [-0.05, 0) is 48.9 Å². The molecule has 0 aliphatic heterocycles. The minimum atomic E-state index is -4.42. The van der Waals surface area contributed by atoms with Crippen molar-refractivity contribution in [3.05, 3.63) is 75.2 Å². The van der Waals surface area contributed by atoms with Crippen molar-refractivity contribution >= 4 is 29.2 Å². The first-order valence-corrected chi connectivity index (χ1v) is 8.34. The van der Waals surface area contributed by atoms with Gasteiger partial charge in [0.25, 0.3) is 5.56 Å². The zero-order valence-corrected chi connectivity index (χ0v) is 14.7. The van der Waals surface area contributed by atoms with E-state index in [1.54, 1.807) is 6.92 Å². The largest absolute Gasteiger partial charge is 0.478 e. The molecule has 0 aliphatic rings. The topological polar surface area (TPSA) is 72.2 Å². The number of halogens is 3. The fraction of sp³-hybridized carbons (Fsp3) is 0.150. The van der Waals surface area contributed by atoms with Crippen LogP contribution in [-0.4, -0.2) is 20.6 Å². The van der Waals surface area contributed by atoms with Gasteiger partial charge in [0.2, 0.25) is 0 Å². The van der Waals surface area contributed by atoms with E-state index in [-0.39, 0.29) is 16.8 Å². The molecule has 2 aromatic carbocycles. The number of alkyl halides is 3. The van der Waals surface area contributed by atoms with E-state index in [2.05, 4.69) is 4.98 Å². The lowest BCUT2D eigenvalue weighted by Crippen LogP contribution is -2.23. The fourth-order valence-corrected chi connectivity index (χ4v) is 2.78. The Hall–Kier alpha value is -3.42. The van der Waals surface area contributed by atoms with Crippen molar-refractivity contribution in [3.8, 4) is 0 Å². The van der Waals surface area contributed by atoms with Crippen molar-refractivity contribution in [3.63, 3.8) is 0 Å². The molecule has 0 unspecified atom stereocenters. The highest BCUT2D eigenvalue weighted by Crippen LogP contribution is 2.29. The second kappa shape index (κ2) is 7.30. The third kappa shape index (κ3) is 3.80. The van der Waals surface area contributed by atoms with Gasteiger partial charge in [-0.25, -0.2) is 9.78 Å². The van der Waals surface area contributed by atoms with Crippen molar-refractivity contribution in [1.82, 2.24) is 9.55 Å². The molecule has 8 heteroatoms. The predicted molar refractivity (Wildman–Crippen MR) is 99.0 cm³/mol. The fourth-order valence-electron chi connectivity index (χ4n) is 2.78. The van der Waals surface area contributed by atoms with Crippen LogP contribution in [0.2, 0.25) is 0 Å². The van der Waals surface area contributed by atoms with E-state index in [1.165, 1.54) is 47.1 Å². The normalized spacial score (nSPS) is 12.0. The van der Waals surface area contributed by atoms with Crippen LogP contribution in [0.5, 0.6) is 0 Å². The minimum Gasteiger partial charge on any atom is -0.478 e. The number of hydrogen-bond donors (Lipinski definition) is 1. The highest BCUT2D eigenvalue weighted by atomic mass is 19.4. The molecule has 28 heavy (non-hydrogen) atoms. The van der Waals surface area contributed by atoms with Gasteiger partial charge in [-0.15, -0.1) is 0 Å². The van der Waals surface area contributed by atoms with Gasteiger partial charge in [-0.2, -0.15) is 13.2 Å². The summed E-state index contributed by atoms with van der Waals surface area (Å²) in [6.45, 7) is 2.13. The molecular weight excluding hydrogens is 373 g/mol. The van der Waals surface area contributed by atoms with E-state index in [0.717, 1.165) is 12.1 Å². The molecule has 0 saturated carbocycles. The average Bonchev–Trinajstić information content (AvgIpc) is 2.65. The Morgan fingerprint density at radius 1 is 1.14 bits per heavy atom. The van der Waals surface area contributed by atoms with Crippen molar-refractivity contribution < 1.29 is 23.1 Å². The van der Waals surface area contributed by atoms with Crippen LogP contribution in [0.3, 0.4) is 0 Å². The first kappa shape index (κ1) is 19.3. The van der Waals surface area contributed by atoms with Gasteiger partial charge in [0.05, 0.1) is 22.2 Å². The lowest BCUT2D eigenvalue weighted by molar-refractivity contribution is -0.137. The van der Waals surface area contributed by atoms with Crippen LogP contribution in [0.15, 0.2) is 47.3 Å². The molecule has 5 nitrogen and oxygen atoms in total. The maximum atomic E-state index is 12.6. The van der Waals surface area contributed by atoms with Crippen LogP contribution < -0.4 is 5.56 Å². The minimum absolute atomic E-state index is 0.0407. The third-order valence-electron chi connectivity index (χ3n) is 4.21. The van der Waals surface area contributed by atoms with Gasteiger partial charge in [0.15, 0.2) is 0 Å². The highest BCUT2D eigenvalue weighted by molar-refractivity contribution is 5.92. The number of aryl methyl sites for hydroxylation is 1. The molecule has 0 saturated heterocycles. The van der Waals surface area contributed by atoms with Gasteiger partial charge >= 0.3 is 12.1 Å². The summed E-state index contributed by atoms with van der Waals surface area (Å²) in [5.74, 6) is -1.11. The third-order valence-corrected chi connectivity index (χ3v) is 4.21.